The Balaban J connectivity index is 1.51. The maximum absolute atomic E-state index is 14.0. The first kappa shape index (κ1) is 22.8. The van der Waals surface area contributed by atoms with E-state index in [4.69, 9.17) is 0 Å². The van der Waals surface area contributed by atoms with Gasteiger partial charge in [-0.15, -0.1) is 0 Å². The Bertz CT molecular complexity index is 1080. The van der Waals surface area contributed by atoms with Gasteiger partial charge in [-0.3, -0.25) is 4.79 Å². The lowest BCUT2D eigenvalue weighted by Gasteiger charge is -2.36. The van der Waals surface area contributed by atoms with Gasteiger partial charge >= 0.3 is 0 Å². The summed E-state index contributed by atoms with van der Waals surface area (Å²) in [4.78, 5) is 20.7. The average molecular weight is 459 g/mol. The van der Waals surface area contributed by atoms with Crippen LogP contribution >= 0.6 is 0 Å². The number of aliphatic hydroxyl groups is 1. The van der Waals surface area contributed by atoms with Crippen LogP contribution in [0.1, 0.15) is 54.2 Å². The van der Waals surface area contributed by atoms with Gasteiger partial charge in [-0.25, -0.2) is 4.98 Å². The molecule has 6 heteroatoms. The van der Waals surface area contributed by atoms with E-state index in [0.717, 1.165) is 62.9 Å². The number of aromatic nitrogens is 2. The van der Waals surface area contributed by atoms with Crippen molar-refractivity contribution in [3.05, 3.63) is 78.2 Å². The molecule has 1 saturated heterocycles. The van der Waals surface area contributed by atoms with Gasteiger partial charge in [-0.2, -0.15) is 0 Å². The molecule has 3 atom stereocenters. The fourth-order valence-electron chi connectivity index (χ4n) is 5.48. The van der Waals surface area contributed by atoms with E-state index in [-0.39, 0.29) is 18.0 Å². The van der Waals surface area contributed by atoms with E-state index in [1.165, 1.54) is 5.56 Å². The average Bonchev–Trinajstić information content (AvgIpc) is 3.20. The number of amides is 1. The van der Waals surface area contributed by atoms with Crippen molar-refractivity contribution >= 4 is 5.91 Å². The van der Waals surface area contributed by atoms with Crippen molar-refractivity contribution in [3.8, 4) is 11.3 Å². The number of hydrogen-bond donors (Lipinski definition) is 2. The molecule has 178 valence electrons. The Kier molecular flexibility index (Phi) is 7.07. The van der Waals surface area contributed by atoms with Crippen molar-refractivity contribution < 1.29 is 9.90 Å². The number of aliphatic hydroxyl groups excluding tert-OH is 1. The first-order chi connectivity index (χ1) is 16.7. The number of hydrogen-bond acceptors (Lipinski definition) is 4. The number of piperazine rings is 1. The number of carbonyl (C=O) groups is 1. The monoisotopic (exact) mass is 458 g/mol. The minimum atomic E-state index is -0.424. The molecule has 0 spiro atoms. The second kappa shape index (κ2) is 10.5. The summed E-state index contributed by atoms with van der Waals surface area (Å²) in [6.45, 7) is 2.20. The van der Waals surface area contributed by atoms with Gasteiger partial charge in [0.2, 0.25) is 0 Å². The highest BCUT2D eigenvalue weighted by Gasteiger charge is 2.33. The van der Waals surface area contributed by atoms with Gasteiger partial charge in [0.1, 0.15) is 0 Å². The standard InChI is InChI=1S/C28H34N4O2/c33-25-15-9-3-8-14-24(25)32-20-30-26(27(32)22-12-6-2-7-13-22)28(34)31-17-16-29-19-23(31)18-21-10-4-1-5-11-21/h1-2,4-7,10-13,20,23-25,29,33H,3,8-9,14-19H2/t23-,24?,25?/m1/s1. The lowest BCUT2D eigenvalue weighted by molar-refractivity contribution is 0.0630. The fourth-order valence-corrected chi connectivity index (χ4v) is 5.48. The van der Waals surface area contributed by atoms with Crippen molar-refractivity contribution in [1.82, 2.24) is 19.8 Å². The molecular weight excluding hydrogens is 424 g/mol. The van der Waals surface area contributed by atoms with E-state index in [0.29, 0.717) is 12.2 Å². The van der Waals surface area contributed by atoms with Gasteiger partial charge in [0.05, 0.1) is 24.2 Å². The third-order valence-corrected chi connectivity index (χ3v) is 7.27. The zero-order valence-corrected chi connectivity index (χ0v) is 19.6. The molecule has 1 aromatic heterocycles. The van der Waals surface area contributed by atoms with Gasteiger partial charge in [-0.1, -0.05) is 79.9 Å². The number of imidazole rings is 1. The lowest BCUT2D eigenvalue weighted by atomic mass is 10.0. The summed E-state index contributed by atoms with van der Waals surface area (Å²) >= 11 is 0. The van der Waals surface area contributed by atoms with E-state index in [1.807, 2.05) is 53.4 Å². The molecule has 0 radical (unpaired) electrons. The number of carbonyl (C=O) groups excluding carboxylic acids is 1. The normalized spacial score (nSPS) is 23.4. The first-order valence-corrected chi connectivity index (χ1v) is 12.6. The Morgan fingerprint density at radius 2 is 1.74 bits per heavy atom. The molecule has 2 heterocycles. The zero-order valence-electron chi connectivity index (χ0n) is 19.6. The number of benzene rings is 2. The molecule has 2 N–H and O–H groups in total. The molecule has 0 bridgehead atoms. The first-order valence-electron chi connectivity index (χ1n) is 12.6. The second-order valence-corrected chi connectivity index (χ2v) is 9.53. The molecule has 1 saturated carbocycles. The molecule has 2 fully saturated rings. The van der Waals surface area contributed by atoms with Crippen molar-refractivity contribution in [3.63, 3.8) is 0 Å². The smallest absolute Gasteiger partial charge is 0.275 e. The molecular formula is C28H34N4O2. The van der Waals surface area contributed by atoms with E-state index in [9.17, 15) is 9.90 Å². The molecule has 1 amide bonds. The summed E-state index contributed by atoms with van der Waals surface area (Å²) in [6, 6.07) is 20.4. The number of nitrogens with zero attached hydrogens (tertiary/aromatic N) is 3. The summed E-state index contributed by atoms with van der Waals surface area (Å²) in [5.74, 6) is -0.0249. The Labute approximate surface area is 201 Å². The lowest BCUT2D eigenvalue weighted by Crippen LogP contribution is -2.54. The summed E-state index contributed by atoms with van der Waals surface area (Å²) < 4.78 is 2.08. The molecule has 1 aliphatic heterocycles. The number of rotatable bonds is 5. The van der Waals surface area contributed by atoms with Crippen LogP contribution in [-0.2, 0) is 6.42 Å². The van der Waals surface area contributed by atoms with Gasteiger partial charge in [0.25, 0.3) is 5.91 Å². The Morgan fingerprint density at radius 3 is 2.53 bits per heavy atom. The van der Waals surface area contributed by atoms with Gasteiger partial charge in [-0.05, 0) is 24.8 Å². The molecule has 2 unspecified atom stereocenters. The highest BCUT2D eigenvalue weighted by Crippen LogP contribution is 2.34. The third-order valence-electron chi connectivity index (χ3n) is 7.27. The largest absolute Gasteiger partial charge is 0.391 e. The molecule has 5 rings (SSSR count). The van der Waals surface area contributed by atoms with Crippen LogP contribution in [0.2, 0.25) is 0 Å². The number of nitrogens with one attached hydrogen (secondary N) is 1. The molecule has 3 aromatic rings. The quantitative estimate of drug-likeness (QED) is 0.566. The molecule has 2 aliphatic rings. The third kappa shape index (κ3) is 4.79. The van der Waals surface area contributed by atoms with Crippen LogP contribution in [0.3, 0.4) is 0 Å². The van der Waals surface area contributed by atoms with E-state index in [2.05, 4.69) is 27.0 Å². The van der Waals surface area contributed by atoms with Crippen LogP contribution in [-0.4, -0.2) is 57.2 Å². The molecule has 2 aromatic carbocycles. The van der Waals surface area contributed by atoms with E-state index in [1.54, 1.807) is 6.33 Å². The van der Waals surface area contributed by atoms with Crippen LogP contribution in [0, 0.1) is 0 Å². The van der Waals surface area contributed by atoms with Crippen LogP contribution in [0.5, 0.6) is 0 Å². The predicted octanol–water partition coefficient (Wildman–Crippen LogP) is 4.07. The van der Waals surface area contributed by atoms with Crippen LogP contribution in [0.4, 0.5) is 0 Å². The van der Waals surface area contributed by atoms with Gasteiger partial charge in [0.15, 0.2) is 5.69 Å². The van der Waals surface area contributed by atoms with Gasteiger partial charge in [0, 0.05) is 31.2 Å². The Morgan fingerprint density at radius 1 is 1.00 bits per heavy atom. The van der Waals surface area contributed by atoms with E-state index >= 15 is 0 Å². The summed E-state index contributed by atoms with van der Waals surface area (Å²) in [7, 11) is 0. The van der Waals surface area contributed by atoms with Crippen LogP contribution in [0.25, 0.3) is 11.3 Å². The predicted molar refractivity (Wildman–Crippen MR) is 134 cm³/mol. The second-order valence-electron chi connectivity index (χ2n) is 9.53. The molecule has 6 nitrogen and oxygen atoms in total. The highest BCUT2D eigenvalue weighted by atomic mass is 16.3. The highest BCUT2D eigenvalue weighted by molar-refractivity contribution is 5.98. The fraction of sp³-hybridized carbons (Fsp3) is 0.429. The SMILES string of the molecule is O=C(c1ncn(C2CCCCCC2O)c1-c1ccccc1)N1CCNC[C@H]1Cc1ccccc1. The van der Waals surface area contributed by atoms with Crippen molar-refractivity contribution in [2.24, 2.45) is 0 Å². The van der Waals surface area contributed by atoms with Crippen molar-refractivity contribution in [2.75, 3.05) is 19.6 Å². The topological polar surface area (TPSA) is 70.4 Å². The zero-order chi connectivity index (χ0) is 23.3. The maximum Gasteiger partial charge on any atom is 0.275 e. The van der Waals surface area contributed by atoms with Crippen molar-refractivity contribution in [1.29, 1.82) is 0 Å². The minimum Gasteiger partial charge on any atom is -0.391 e. The van der Waals surface area contributed by atoms with Gasteiger partial charge < -0.3 is 19.9 Å². The van der Waals surface area contributed by atoms with Crippen LogP contribution in [0.15, 0.2) is 67.0 Å². The summed E-state index contributed by atoms with van der Waals surface area (Å²) in [6.07, 6.45) is 7.11. The van der Waals surface area contributed by atoms with Crippen molar-refractivity contribution in [2.45, 2.75) is 56.7 Å². The van der Waals surface area contributed by atoms with Crippen LogP contribution < -0.4 is 5.32 Å². The maximum atomic E-state index is 14.0. The summed E-state index contributed by atoms with van der Waals surface area (Å²) in [5.41, 5.74) is 3.51. The minimum absolute atomic E-state index is 0.0249. The molecule has 1 aliphatic carbocycles. The van der Waals surface area contributed by atoms with E-state index < -0.39 is 6.10 Å². The summed E-state index contributed by atoms with van der Waals surface area (Å²) in [5, 5.41) is 14.4. The molecule has 34 heavy (non-hydrogen) atoms. The Hall–Kier alpha value is -2.96.